The first kappa shape index (κ1) is 9.93. The van der Waals surface area contributed by atoms with Crippen molar-refractivity contribution < 1.29 is 14.3 Å². The van der Waals surface area contributed by atoms with Crippen molar-refractivity contribution in [2.24, 2.45) is 11.3 Å². The number of piperidine rings is 1. The zero-order valence-corrected chi connectivity index (χ0v) is 8.71. The van der Waals surface area contributed by atoms with E-state index in [0.717, 1.165) is 13.0 Å². The highest BCUT2D eigenvalue weighted by atomic mass is 16.5. The quantitative estimate of drug-likeness (QED) is 0.656. The molecule has 80 valence electrons. The van der Waals surface area contributed by atoms with Crippen LogP contribution in [0.5, 0.6) is 0 Å². The number of esters is 1. The monoisotopic (exact) mass is 199 g/mol. The summed E-state index contributed by atoms with van der Waals surface area (Å²) in [7, 11) is 1.66. The Bertz CT molecular complexity index is 244. The molecule has 2 rings (SSSR count). The fourth-order valence-electron chi connectivity index (χ4n) is 2.53. The lowest BCUT2D eigenvalue weighted by Crippen LogP contribution is -2.41. The van der Waals surface area contributed by atoms with Crippen LogP contribution in [0.3, 0.4) is 0 Å². The Morgan fingerprint density at radius 3 is 3.00 bits per heavy atom. The van der Waals surface area contributed by atoms with Crippen molar-refractivity contribution in [3.05, 3.63) is 0 Å². The van der Waals surface area contributed by atoms with Crippen molar-refractivity contribution in [3.8, 4) is 0 Å². The van der Waals surface area contributed by atoms with Gasteiger partial charge in [-0.3, -0.25) is 4.79 Å². The molecule has 3 atom stereocenters. The number of fused-ring (bicyclic) bond motifs is 1. The van der Waals surface area contributed by atoms with Gasteiger partial charge in [0.2, 0.25) is 0 Å². The third-order valence-electron chi connectivity index (χ3n) is 3.37. The summed E-state index contributed by atoms with van der Waals surface area (Å²) in [6, 6.07) is 0.150. The van der Waals surface area contributed by atoms with Gasteiger partial charge in [0.15, 0.2) is 0 Å². The van der Waals surface area contributed by atoms with E-state index in [4.69, 9.17) is 9.47 Å². The van der Waals surface area contributed by atoms with Crippen molar-refractivity contribution in [2.45, 2.75) is 19.4 Å². The highest BCUT2D eigenvalue weighted by Crippen LogP contribution is 2.59. The maximum Gasteiger partial charge on any atom is 0.314 e. The van der Waals surface area contributed by atoms with Crippen molar-refractivity contribution in [1.82, 2.24) is 5.32 Å². The van der Waals surface area contributed by atoms with Crippen LogP contribution < -0.4 is 5.32 Å². The van der Waals surface area contributed by atoms with Crippen LogP contribution >= 0.6 is 0 Å². The van der Waals surface area contributed by atoms with Crippen LogP contribution in [0.25, 0.3) is 0 Å². The average Bonchev–Trinajstić information content (AvgIpc) is 2.81. The van der Waals surface area contributed by atoms with Gasteiger partial charge in [-0.1, -0.05) is 0 Å². The number of nitrogens with one attached hydrogen (secondary N) is 1. The summed E-state index contributed by atoms with van der Waals surface area (Å²) in [5.41, 5.74) is -0.258. The van der Waals surface area contributed by atoms with E-state index in [0.29, 0.717) is 19.1 Å². The maximum absolute atomic E-state index is 11.8. The van der Waals surface area contributed by atoms with E-state index in [1.54, 1.807) is 7.11 Å². The number of methoxy groups -OCH3 is 1. The molecule has 1 saturated heterocycles. The van der Waals surface area contributed by atoms with Gasteiger partial charge in [0.25, 0.3) is 0 Å². The van der Waals surface area contributed by atoms with E-state index < -0.39 is 0 Å². The number of hydrogen-bond donors (Lipinski definition) is 1. The molecule has 14 heavy (non-hydrogen) atoms. The normalized spacial score (nSPS) is 39.3. The molecule has 4 heteroatoms. The predicted octanol–water partition coefficient (Wildman–Crippen LogP) is 0.174. The molecule has 1 aliphatic carbocycles. The molecular formula is C10H17NO3. The van der Waals surface area contributed by atoms with Gasteiger partial charge in [-0.25, -0.2) is 0 Å². The van der Waals surface area contributed by atoms with Crippen LogP contribution in [-0.4, -0.2) is 38.9 Å². The Morgan fingerprint density at radius 2 is 2.43 bits per heavy atom. The van der Waals surface area contributed by atoms with E-state index in [1.165, 1.54) is 0 Å². The third kappa shape index (κ3) is 1.25. The number of hydrogen-bond acceptors (Lipinski definition) is 4. The van der Waals surface area contributed by atoms with E-state index >= 15 is 0 Å². The fourth-order valence-corrected chi connectivity index (χ4v) is 2.53. The van der Waals surface area contributed by atoms with Gasteiger partial charge >= 0.3 is 5.97 Å². The second-order valence-electron chi connectivity index (χ2n) is 4.08. The van der Waals surface area contributed by atoms with Gasteiger partial charge in [0, 0.05) is 13.2 Å². The molecule has 1 unspecified atom stereocenters. The Kier molecular flexibility index (Phi) is 2.49. The van der Waals surface area contributed by atoms with Gasteiger partial charge in [-0.15, -0.1) is 0 Å². The number of carbonyl (C=O) groups excluding carboxylic acids is 1. The van der Waals surface area contributed by atoms with Crippen LogP contribution in [0.15, 0.2) is 0 Å². The lowest BCUT2D eigenvalue weighted by molar-refractivity contribution is -0.151. The summed E-state index contributed by atoms with van der Waals surface area (Å²) >= 11 is 0. The van der Waals surface area contributed by atoms with Crippen molar-refractivity contribution >= 4 is 5.97 Å². The Labute approximate surface area is 84.0 Å². The molecule has 2 aliphatic rings. The maximum atomic E-state index is 11.8. The van der Waals surface area contributed by atoms with Gasteiger partial charge in [-0.05, 0) is 25.8 Å². The first-order chi connectivity index (χ1) is 6.75. The Hall–Kier alpha value is -0.610. The van der Waals surface area contributed by atoms with Gasteiger partial charge < -0.3 is 14.8 Å². The minimum absolute atomic E-state index is 0.0444. The molecule has 0 aromatic rings. The largest absolute Gasteiger partial charge is 0.466 e. The molecule has 0 radical (unpaired) electrons. The van der Waals surface area contributed by atoms with Gasteiger partial charge in [-0.2, -0.15) is 0 Å². The number of rotatable bonds is 4. The predicted molar refractivity (Wildman–Crippen MR) is 50.8 cm³/mol. The molecule has 1 heterocycles. The summed E-state index contributed by atoms with van der Waals surface area (Å²) in [4.78, 5) is 11.8. The lowest BCUT2D eigenvalue weighted by atomic mass is 9.97. The molecule has 1 aliphatic heterocycles. The molecular weight excluding hydrogens is 182 g/mol. The van der Waals surface area contributed by atoms with Gasteiger partial charge in [0.1, 0.15) is 0 Å². The molecule has 0 aromatic carbocycles. The standard InChI is InChI=1S/C10H17NO3/c1-3-14-9(12)10-4-7(10)5-11-8(10)6-13-2/h7-8,11H,3-6H2,1-2H3/t7?,8-,10-/m1/s1. The SMILES string of the molecule is CCOC(=O)[C@]12CC1CN[C@@H]2COC. The van der Waals surface area contributed by atoms with Crippen LogP contribution in [0.4, 0.5) is 0 Å². The van der Waals surface area contributed by atoms with Crippen LogP contribution in [0.2, 0.25) is 0 Å². The molecule has 4 nitrogen and oxygen atoms in total. The first-order valence-corrected chi connectivity index (χ1v) is 5.15. The van der Waals surface area contributed by atoms with Gasteiger partial charge in [0.05, 0.1) is 18.6 Å². The average molecular weight is 199 g/mol. The first-order valence-electron chi connectivity index (χ1n) is 5.15. The van der Waals surface area contributed by atoms with E-state index in [9.17, 15) is 4.79 Å². The zero-order valence-electron chi connectivity index (χ0n) is 8.71. The second-order valence-corrected chi connectivity index (χ2v) is 4.08. The molecule has 0 spiro atoms. The number of carbonyl (C=O) groups is 1. The topological polar surface area (TPSA) is 47.6 Å². The molecule has 1 N–H and O–H groups in total. The van der Waals surface area contributed by atoms with Crippen LogP contribution in [0.1, 0.15) is 13.3 Å². The summed E-state index contributed by atoms with van der Waals surface area (Å²) in [6.07, 6.45) is 0.965. The van der Waals surface area contributed by atoms with Crippen molar-refractivity contribution in [3.63, 3.8) is 0 Å². The Balaban J connectivity index is 2.04. The summed E-state index contributed by atoms with van der Waals surface area (Å²) < 4.78 is 10.2. The molecule has 0 bridgehead atoms. The van der Waals surface area contributed by atoms with Crippen molar-refractivity contribution in [2.75, 3.05) is 26.9 Å². The van der Waals surface area contributed by atoms with E-state index in [1.807, 2.05) is 6.92 Å². The summed E-state index contributed by atoms with van der Waals surface area (Å²) in [5, 5.41) is 3.31. The lowest BCUT2D eigenvalue weighted by Gasteiger charge is -2.20. The van der Waals surface area contributed by atoms with Crippen LogP contribution in [-0.2, 0) is 14.3 Å². The van der Waals surface area contributed by atoms with E-state index in [-0.39, 0.29) is 17.4 Å². The molecule has 0 aromatic heterocycles. The van der Waals surface area contributed by atoms with Crippen LogP contribution in [0, 0.1) is 11.3 Å². The molecule has 1 saturated carbocycles. The highest BCUT2D eigenvalue weighted by molar-refractivity contribution is 5.82. The third-order valence-corrected chi connectivity index (χ3v) is 3.37. The Morgan fingerprint density at radius 1 is 1.64 bits per heavy atom. The minimum atomic E-state index is -0.258. The minimum Gasteiger partial charge on any atom is -0.466 e. The molecule has 0 amide bonds. The summed E-state index contributed by atoms with van der Waals surface area (Å²) in [5.74, 6) is 0.429. The number of ether oxygens (including phenoxy) is 2. The fraction of sp³-hybridized carbons (Fsp3) is 0.900. The zero-order chi connectivity index (χ0) is 10.2. The second kappa shape index (κ2) is 3.51. The highest BCUT2D eigenvalue weighted by Gasteiger charge is 2.68. The van der Waals surface area contributed by atoms with Crippen molar-refractivity contribution in [1.29, 1.82) is 0 Å². The summed E-state index contributed by atoms with van der Waals surface area (Å²) in [6.45, 7) is 3.83. The molecule has 2 fully saturated rings. The smallest absolute Gasteiger partial charge is 0.314 e. The van der Waals surface area contributed by atoms with E-state index in [2.05, 4.69) is 5.32 Å².